The summed E-state index contributed by atoms with van der Waals surface area (Å²) in [6.45, 7) is 1.53. The molecule has 2 N–H and O–H groups in total. The molecule has 0 radical (unpaired) electrons. The number of hydrogen-bond acceptors (Lipinski definition) is 4. The molecule has 0 bridgehead atoms. The Morgan fingerprint density at radius 2 is 1.77 bits per heavy atom. The summed E-state index contributed by atoms with van der Waals surface area (Å²) in [6.07, 6.45) is 0. The van der Waals surface area contributed by atoms with Crippen molar-refractivity contribution in [1.29, 1.82) is 0 Å². The molecular formula is C20H25N2O4+. The van der Waals surface area contributed by atoms with Gasteiger partial charge in [0.2, 0.25) is 0 Å². The van der Waals surface area contributed by atoms with Gasteiger partial charge in [-0.3, -0.25) is 4.79 Å². The number of hydrogen-bond donors (Lipinski definition) is 2. The van der Waals surface area contributed by atoms with E-state index in [4.69, 9.17) is 4.74 Å². The Balaban J connectivity index is 1.79. The highest BCUT2D eigenvalue weighted by atomic mass is 16.5. The maximum Gasteiger partial charge on any atom is 0.337 e. The Labute approximate surface area is 153 Å². The average Bonchev–Trinajstić information content (AvgIpc) is 2.66. The van der Waals surface area contributed by atoms with E-state index in [0.717, 1.165) is 28.3 Å². The van der Waals surface area contributed by atoms with E-state index in [1.54, 1.807) is 31.4 Å². The molecule has 0 heterocycles. The van der Waals surface area contributed by atoms with Gasteiger partial charge in [0.25, 0.3) is 5.91 Å². The molecule has 1 unspecified atom stereocenters. The van der Waals surface area contributed by atoms with Crippen LogP contribution in [0.4, 0.5) is 0 Å². The molecule has 2 aromatic carbocycles. The van der Waals surface area contributed by atoms with Crippen molar-refractivity contribution in [1.82, 2.24) is 5.32 Å². The molecule has 1 amide bonds. The van der Waals surface area contributed by atoms with Crippen LogP contribution in [0.3, 0.4) is 0 Å². The van der Waals surface area contributed by atoms with Crippen LogP contribution < -0.4 is 15.0 Å². The van der Waals surface area contributed by atoms with Crippen LogP contribution in [0.5, 0.6) is 5.75 Å². The van der Waals surface area contributed by atoms with Crippen LogP contribution in [0.2, 0.25) is 0 Å². The zero-order valence-corrected chi connectivity index (χ0v) is 15.4. The van der Waals surface area contributed by atoms with Gasteiger partial charge in [-0.15, -0.1) is 0 Å². The van der Waals surface area contributed by atoms with Gasteiger partial charge in [0.05, 0.1) is 26.8 Å². The number of carbonyl (C=O) groups excluding carboxylic acids is 2. The Bertz CT molecular complexity index is 744. The van der Waals surface area contributed by atoms with Crippen molar-refractivity contribution in [3.63, 3.8) is 0 Å². The fraction of sp³-hybridized carbons (Fsp3) is 0.300. The van der Waals surface area contributed by atoms with E-state index < -0.39 is 0 Å². The highest BCUT2D eigenvalue weighted by Crippen LogP contribution is 2.11. The van der Waals surface area contributed by atoms with Gasteiger partial charge >= 0.3 is 5.97 Å². The molecule has 6 nitrogen and oxygen atoms in total. The summed E-state index contributed by atoms with van der Waals surface area (Å²) < 4.78 is 9.88. The number of ether oxygens (including phenoxy) is 2. The molecule has 6 heteroatoms. The summed E-state index contributed by atoms with van der Waals surface area (Å²) in [5.41, 5.74) is 2.54. The Hall–Kier alpha value is -2.86. The van der Waals surface area contributed by atoms with Gasteiger partial charge in [0.1, 0.15) is 12.3 Å². The number of esters is 1. The molecule has 0 spiro atoms. The number of amides is 1. The number of methoxy groups -OCH3 is 2. The van der Waals surface area contributed by atoms with Crippen LogP contribution >= 0.6 is 0 Å². The summed E-state index contributed by atoms with van der Waals surface area (Å²) in [6, 6.07) is 14.8. The van der Waals surface area contributed by atoms with Crippen molar-refractivity contribution in [3.8, 4) is 5.75 Å². The third kappa shape index (κ3) is 5.89. The molecule has 1 atom stereocenters. The molecule has 0 fully saturated rings. The van der Waals surface area contributed by atoms with Gasteiger partial charge < -0.3 is 19.7 Å². The molecule has 0 aromatic heterocycles. The second-order valence-electron chi connectivity index (χ2n) is 6.13. The lowest BCUT2D eigenvalue weighted by Gasteiger charge is -2.14. The highest BCUT2D eigenvalue weighted by molar-refractivity contribution is 5.89. The summed E-state index contributed by atoms with van der Waals surface area (Å²) in [5, 5.41) is 2.90. The van der Waals surface area contributed by atoms with Gasteiger partial charge in [-0.25, -0.2) is 4.79 Å². The normalized spacial score (nSPS) is 11.5. The minimum Gasteiger partial charge on any atom is -0.497 e. The lowest BCUT2D eigenvalue weighted by molar-refractivity contribution is -0.885. The zero-order valence-electron chi connectivity index (χ0n) is 15.4. The Morgan fingerprint density at radius 3 is 2.42 bits per heavy atom. The molecule has 2 aromatic rings. The number of benzene rings is 2. The highest BCUT2D eigenvalue weighted by Gasteiger charge is 2.11. The van der Waals surface area contributed by atoms with Crippen LogP contribution in [-0.2, 0) is 22.6 Å². The molecule has 0 aliphatic rings. The molecule has 138 valence electrons. The van der Waals surface area contributed by atoms with E-state index in [2.05, 4.69) is 10.1 Å². The largest absolute Gasteiger partial charge is 0.497 e. The number of rotatable bonds is 8. The fourth-order valence-corrected chi connectivity index (χ4v) is 2.61. The van der Waals surface area contributed by atoms with Gasteiger partial charge in [0.15, 0.2) is 6.54 Å². The summed E-state index contributed by atoms with van der Waals surface area (Å²) >= 11 is 0. The second kappa shape index (κ2) is 9.58. The Kier molecular flexibility index (Phi) is 7.17. The maximum absolute atomic E-state index is 12.1. The van der Waals surface area contributed by atoms with Crippen molar-refractivity contribution in [2.75, 3.05) is 27.8 Å². The van der Waals surface area contributed by atoms with E-state index in [1.165, 1.54) is 7.11 Å². The van der Waals surface area contributed by atoms with Crippen LogP contribution in [-0.4, -0.2) is 39.7 Å². The predicted octanol–water partition coefficient (Wildman–Crippen LogP) is 0.813. The van der Waals surface area contributed by atoms with E-state index in [1.807, 2.05) is 31.3 Å². The van der Waals surface area contributed by atoms with Gasteiger partial charge in [-0.05, 0) is 29.8 Å². The minimum atomic E-state index is -0.372. The molecule has 0 saturated heterocycles. The first-order valence-electron chi connectivity index (χ1n) is 8.40. The smallest absolute Gasteiger partial charge is 0.337 e. The van der Waals surface area contributed by atoms with Gasteiger partial charge in [-0.1, -0.05) is 24.3 Å². The SMILES string of the molecule is COC(=O)c1ccc(CNC(=O)C[NH+](C)Cc2cccc(OC)c2)cc1. The standard InChI is InChI=1S/C20H24N2O4/c1-22(13-16-5-4-6-18(11-16)25-2)14-19(23)21-12-15-7-9-17(10-8-15)20(24)26-3/h4-11H,12-14H2,1-3H3,(H,21,23)/p+1. The third-order valence-corrected chi connectivity index (χ3v) is 3.97. The fourth-order valence-electron chi connectivity index (χ4n) is 2.61. The first kappa shape index (κ1) is 19.5. The Morgan fingerprint density at radius 1 is 1.04 bits per heavy atom. The quantitative estimate of drug-likeness (QED) is 0.686. The van der Waals surface area contributed by atoms with Crippen LogP contribution in [0.15, 0.2) is 48.5 Å². The molecule has 0 saturated carbocycles. The number of quaternary nitrogens is 1. The van der Waals surface area contributed by atoms with E-state index in [-0.39, 0.29) is 11.9 Å². The molecule has 0 aliphatic carbocycles. The van der Waals surface area contributed by atoms with E-state index >= 15 is 0 Å². The molecule has 0 aliphatic heterocycles. The van der Waals surface area contributed by atoms with Crippen molar-refractivity contribution in [2.24, 2.45) is 0 Å². The molecule has 2 rings (SSSR count). The topological polar surface area (TPSA) is 69.1 Å². The molecular weight excluding hydrogens is 332 g/mol. The summed E-state index contributed by atoms with van der Waals surface area (Å²) in [7, 11) is 4.96. The van der Waals surface area contributed by atoms with Crippen molar-refractivity contribution >= 4 is 11.9 Å². The monoisotopic (exact) mass is 357 g/mol. The third-order valence-electron chi connectivity index (χ3n) is 3.97. The summed E-state index contributed by atoms with van der Waals surface area (Å²) in [4.78, 5) is 24.6. The zero-order chi connectivity index (χ0) is 18.9. The van der Waals surface area contributed by atoms with Crippen molar-refractivity contribution in [2.45, 2.75) is 13.1 Å². The molecule has 26 heavy (non-hydrogen) atoms. The average molecular weight is 357 g/mol. The first-order chi connectivity index (χ1) is 12.5. The lowest BCUT2D eigenvalue weighted by Crippen LogP contribution is -3.08. The van der Waals surface area contributed by atoms with Gasteiger partial charge in [0, 0.05) is 12.1 Å². The predicted molar refractivity (Wildman–Crippen MR) is 98.1 cm³/mol. The number of likely N-dealkylation sites (N-methyl/N-ethyl adjacent to an activating group) is 1. The van der Waals surface area contributed by atoms with E-state index in [9.17, 15) is 9.59 Å². The second-order valence-corrected chi connectivity index (χ2v) is 6.13. The van der Waals surface area contributed by atoms with Crippen LogP contribution in [0.1, 0.15) is 21.5 Å². The first-order valence-corrected chi connectivity index (χ1v) is 8.40. The van der Waals surface area contributed by atoms with E-state index in [0.29, 0.717) is 18.7 Å². The number of nitrogens with one attached hydrogen (secondary N) is 2. The van der Waals surface area contributed by atoms with Gasteiger partial charge in [-0.2, -0.15) is 0 Å². The lowest BCUT2D eigenvalue weighted by atomic mass is 10.1. The minimum absolute atomic E-state index is 0.0255. The van der Waals surface area contributed by atoms with Crippen molar-refractivity contribution in [3.05, 3.63) is 65.2 Å². The van der Waals surface area contributed by atoms with Crippen molar-refractivity contribution < 1.29 is 24.0 Å². The number of carbonyl (C=O) groups is 2. The summed E-state index contributed by atoms with van der Waals surface area (Å²) in [5.74, 6) is 0.418. The van der Waals surface area contributed by atoms with Crippen LogP contribution in [0, 0.1) is 0 Å². The maximum atomic E-state index is 12.1. The van der Waals surface area contributed by atoms with Crippen LogP contribution in [0.25, 0.3) is 0 Å².